The lowest BCUT2D eigenvalue weighted by Gasteiger charge is -2.44. The topological polar surface area (TPSA) is 75.6 Å². The first-order chi connectivity index (χ1) is 10.2. The standard InChI is InChI=1S/C15H26O7/c1-13(2)18-7-10(20-13)12-11-9(19-14(3,4)21-11)6-15(8-16,17-5)22-12/h9-12,16H,6-8H2,1-5H3/t9-,10-,11-,12-,15-/m1/s1. The summed E-state index contributed by atoms with van der Waals surface area (Å²) < 4.78 is 35.1. The first kappa shape index (κ1) is 16.6. The Bertz CT molecular complexity index is 418. The van der Waals surface area contributed by atoms with E-state index >= 15 is 0 Å². The Balaban J connectivity index is 1.85. The fourth-order valence-electron chi connectivity index (χ4n) is 3.43. The largest absolute Gasteiger partial charge is 0.391 e. The molecule has 0 aromatic heterocycles. The average molecular weight is 318 g/mol. The summed E-state index contributed by atoms with van der Waals surface area (Å²) in [6, 6.07) is 0. The molecular weight excluding hydrogens is 292 g/mol. The number of rotatable bonds is 3. The lowest BCUT2D eigenvalue weighted by Crippen LogP contribution is -2.60. The van der Waals surface area contributed by atoms with E-state index in [2.05, 4.69) is 0 Å². The fourth-order valence-corrected chi connectivity index (χ4v) is 3.43. The van der Waals surface area contributed by atoms with Crippen molar-refractivity contribution in [2.45, 2.75) is 75.9 Å². The van der Waals surface area contributed by atoms with E-state index in [1.54, 1.807) is 0 Å². The minimum Gasteiger partial charge on any atom is -0.391 e. The third-order valence-corrected chi connectivity index (χ3v) is 4.42. The second kappa shape index (κ2) is 5.37. The first-order valence-corrected chi connectivity index (χ1v) is 7.70. The molecule has 3 saturated heterocycles. The van der Waals surface area contributed by atoms with E-state index in [-0.39, 0.29) is 24.9 Å². The summed E-state index contributed by atoms with van der Waals surface area (Å²) in [5, 5.41) is 9.74. The van der Waals surface area contributed by atoms with Gasteiger partial charge < -0.3 is 33.5 Å². The van der Waals surface area contributed by atoms with Crippen LogP contribution in [0.4, 0.5) is 0 Å². The van der Waals surface area contributed by atoms with E-state index in [9.17, 15) is 5.11 Å². The average Bonchev–Trinajstić information content (AvgIpc) is 2.95. The molecule has 0 unspecified atom stereocenters. The highest BCUT2D eigenvalue weighted by Crippen LogP contribution is 2.43. The van der Waals surface area contributed by atoms with Gasteiger partial charge in [0.25, 0.3) is 0 Å². The highest BCUT2D eigenvalue weighted by atomic mass is 16.8. The Morgan fingerprint density at radius 2 is 1.59 bits per heavy atom. The number of hydrogen-bond acceptors (Lipinski definition) is 7. The van der Waals surface area contributed by atoms with Gasteiger partial charge in [-0.3, -0.25) is 0 Å². The second-order valence-electron chi connectivity index (χ2n) is 7.07. The van der Waals surface area contributed by atoms with Gasteiger partial charge in [0.1, 0.15) is 18.3 Å². The zero-order valence-corrected chi connectivity index (χ0v) is 13.8. The fraction of sp³-hybridized carbons (Fsp3) is 1.00. The first-order valence-electron chi connectivity index (χ1n) is 7.70. The maximum Gasteiger partial charge on any atom is 0.194 e. The lowest BCUT2D eigenvalue weighted by atomic mass is 9.93. The zero-order valence-electron chi connectivity index (χ0n) is 13.8. The van der Waals surface area contributed by atoms with Crippen LogP contribution in [0.3, 0.4) is 0 Å². The molecule has 3 rings (SSSR count). The van der Waals surface area contributed by atoms with Crippen LogP contribution in [-0.4, -0.2) is 67.2 Å². The quantitative estimate of drug-likeness (QED) is 0.824. The van der Waals surface area contributed by atoms with Crippen molar-refractivity contribution in [3.05, 3.63) is 0 Å². The third kappa shape index (κ3) is 2.91. The van der Waals surface area contributed by atoms with Crippen molar-refractivity contribution in [1.29, 1.82) is 0 Å². The molecule has 0 aromatic rings. The summed E-state index contributed by atoms with van der Waals surface area (Å²) >= 11 is 0. The highest BCUT2D eigenvalue weighted by Gasteiger charge is 2.58. The summed E-state index contributed by atoms with van der Waals surface area (Å²) in [4.78, 5) is 0. The molecule has 7 nitrogen and oxygen atoms in total. The van der Waals surface area contributed by atoms with Crippen molar-refractivity contribution in [2.24, 2.45) is 0 Å². The van der Waals surface area contributed by atoms with Crippen LogP contribution in [0.1, 0.15) is 34.1 Å². The van der Waals surface area contributed by atoms with Crippen LogP contribution in [0.5, 0.6) is 0 Å². The van der Waals surface area contributed by atoms with Crippen molar-refractivity contribution in [3.8, 4) is 0 Å². The van der Waals surface area contributed by atoms with Gasteiger partial charge >= 0.3 is 0 Å². The molecular formula is C15H26O7. The number of ether oxygens (including phenoxy) is 6. The van der Waals surface area contributed by atoms with Crippen LogP contribution in [0.2, 0.25) is 0 Å². The summed E-state index contributed by atoms with van der Waals surface area (Å²) in [6.45, 7) is 7.59. The van der Waals surface area contributed by atoms with Gasteiger partial charge in [-0.15, -0.1) is 0 Å². The molecule has 0 spiro atoms. The second-order valence-corrected chi connectivity index (χ2v) is 7.07. The minimum absolute atomic E-state index is 0.229. The van der Waals surface area contributed by atoms with E-state index in [1.807, 2.05) is 27.7 Å². The van der Waals surface area contributed by atoms with Crippen LogP contribution >= 0.6 is 0 Å². The number of fused-ring (bicyclic) bond motifs is 1. The number of aliphatic hydroxyl groups is 1. The maximum absolute atomic E-state index is 9.74. The molecule has 7 heteroatoms. The molecule has 3 aliphatic rings. The minimum atomic E-state index is -1.11. The molecule has 0 aromatic carbocycles. The molecule has 3 heterocycles. The molecule has 3 fully saturated rings. The summed E-state index contributed by atoms with van der Waals surface area (Å²) in [7, 11) is 1.52. The molecule has 0 amide bonds. The molecule has 0 bridgehead atoms. The van der Waals surface area contributed by atoms with Crippen molar-refractivity contribution < 1.29 is 33.5 Å². The van der Waals surface area contributed by atoms with Gasteiger partial charge in [-0.2, -0.15) is 0 Å². The van der Waals surface area contributed by atoms with Crippen LogP contribution in [0, 0.1) is 0 Å². The lowest BCUT2D eigenvalue weighted by molar-refractivity contribution is -0.323. The molecule has 0 saturated carbocycles. The van der Waals surface area contributed by atoms with E-state index < -0.39 is 23.5 Å². The van der Waals surface area contributed by atoms with Gasteiger partial charge in [0.15, 0.2) is 17.4 Å². The predicted molar refractivity (Wildman–Crippen MR) is 75.0 cm³/mol. The molecule has 3 aliphatic heterocycles. The van der Waals surface area contributed by atoms with Crippen molar-refractivity contribution >= 4 is 0 Å². The summed E-state index contributed by atoms with van der Waals surface area (Å²) in [5.74, 6) is -2.47. The Morgan fingerprint density at radius 1 is 0.955 bits per heavy atom. The Hall–Kier alpha value is -0.280. The van der Waals surface area contributed by atoms with Gasteiger partial charge in [-0.25, -0.2) is 0 Å². The summed E-state index contributed by atoms with van der Waals surface area (Å²) in [6.07, 6.45) is -0.849. The van der Waals surface area contributed by atoms with Gasteiger partial charge in [0.05, 0.1) is 19.3 Å². The number of methoxy groups -OCH3 is 1. The predicted octanol–water partition coefficient (Wildman–Crippen LogP) is 0.782. The maximum atomic E-state index is 9.74. The van der Waals surface area contributed by atoms with Gasteiger partial charge in [0.2, 0.25) is 0 Å². The number of aliphatic hydroxyl groups excluding tert-OH is 1. The molecule has 128 valence electrons. The van der Waals surface area contributed by atoms with Crippen LogP contribution in [0.25, 0.3) is 0 Å². The Morgan fingerprint density at radius 3 is 2.14 bits per heavy atom. The van der Waals surface area contributed by atoms with E-state index in [1.165, 1.54) is 7.11 Å². The van der Waals surface area contributed by atoms with E-state index in [0.29, 0.717) is 13.0 Å². The summed E-state index contributed by atoms with van der Waals surface area (Å²) in [5.41, 5.74) is 0. The van der Waals surface area contributed by atoms with Crippen molar-refractivity contribution in [3.63, 3.8) is 0 Å². The van der Waals surface area contributed by atoms with E-state index in [4.69, 9.17) is 28.4 Å². The van der Waals surface area contributed by atoms with Gasteiger partial charge in [-0.05, 0) is 27.7 Å². The SMILES string of the molecule is CO[C@]1(CO)C[C@H]2OC(C)(C)O[C@H]2[C@@H]([C@H]2COC(C)(C)O2)O1. The Kier molecular flexibility index (Phi) is 4.05. The van der Waals surface area contributed by atoms with Crippen LogP contribution in [0.15, 0.2) is 0 Å². The smallest absolute Gasteiger partial charge is 0.194 e. The molecule has 0 radical (unpaired) electrons. The Labute approximate surface area is 130 Å². The van der Waals surface area contributed by atoms with Crippen LogP contribution < -0.4 is 0 Å². The highest BCUT2D eigenvalue weighted by molar-refractivity contribution is 5.00. The molecule has 1 N–H and O–H groups in total. The monoisotopic (exact) mass is 318 g/mol. The normalized spacial score (nSPS) is 46.6. The van der Waals surface area contributed by atoms with Crippen molar-refractivity contribution in [2.75, 3.05) is 20.3 Å². The van der Waals surface area contributed by atoms with Gasteiger partial charge in [-0.1, -0.05) is 0 Å². The van der Waals surface area contributed by atoms with Crippen molar-refractivity contribution in [1.82, 2.24) is 0 Å². The third-order valence-electron chi connectivity index (χ3n) is 4.42. The molecule has 22 heavy (non-hydrogen) atoms. The van der Waals surface area contributed by atoms with Gasteiger partial charge in [0, 0.05) is 13.5 Å². The zero-order chi connectivity index (χ0) is 16.2. The molecule has 5 atom stereocenters. The molecule has 0 aliphatic carbocycles. The van der Waals surface area contributed by atoms with Crippen LogP contribution in [-0.2, 0) is 28.4 Å². The number of hydrogen-bond donors (Lipinski definition) is 1. The van der Waals surface area contributed by atoms with E-state index in [0.717, 1.165) is 0 Å².